The summed E-state index contributed by atoms with van der Waals surface area (Å²) in [5.41, 5.74) is 0.839. The zero-order valence-electron chi connectivity index (χ0n) is 13.2. The third-order valence-corrected chi connectivity index (χ3v) is 4.89. The Labute approximate surface area is 147 Å². The van der Waals surface area contributed by atoms with Crippen molar-refractivity contribution < 1.29 is 19.1 Å². The van der Waals surface area contributed by atoms with Crippen molar-refractivity contribution in [2.75, 3.05) is 13.2 Å². The molecule has 2 heterocycles. The molecule has 0 fully saturated rings. The molecule has 0 atom stereocenters. The highest BCUT2D eigenvalue weighted by molar-refractivity contribution is 8.76. The number of nitrogens with zero attached hydrogens (tertiary/aromatic N) is 2. The number of carbonyl (C=O) groups excluding carboxylic acids is 2. The van der Waals surface area contributed by atoms with E-state index in [9.17, 15) is 9.59 Å². The molecule has 24 heavy (non-hydrogen) atoms. The summed E-state index contributed by atoms with van der Waals surface area (Å²) in [4.78, 5) is 31.5. The second-order valence-electron chi connectivity index (χ2n) is 4.38. The smallest absolute Gasteiger partial charge is 0.339 e. The van der Waals surface area contributed by atoms with Gasteiger partial charge in [-0.25, -0.2) is 19.6 Å². The van der Waals surface area contributed by atoms with Crippen LogP contribution in [0.5, 0.6) is 0 Å². The van der Waals surface area contributed by atoms with Gasteiger partial charge in [0.1, 0.15) is 10.1 Å². The Balaban J connectivity index is 1.91. The molecule has 0 unspecified atom stereocenters. The second kappa shape index (κ2) is 9.29. The molecular weight excluding hydrogens is 348 g/mol. The molecule has 0 saturated heterocycles. The van der Waals surface area contributed by atoms with Crippen molar-refractivity contribution in [1.29, 1.82) is 0 Å². The molecule has 0 N–H and O–H groups in total. The van der Waals surface area contributed by atoms with E-state index in [-0.39, 0.29) is 11.9 Å². The largest absolute Gasteiger partial charge is 0.462 e. The number of ether oxygens (including phenoxy) is 2. The van der Waals surface area contributed by atoms with Crippen LogP contribution in [0.4, 0.5) is 0 Å². The van der Waals surface area contributed by atoms with Gasteiger partial charge in [-0.05, 0) is 59.7 Å². The summed E-state index contributed by atoms with van der Waals surface area (Å²) in [6, 6.07) is 6.84. The first-order valence-corrected chi connectivity index (χ1v) is 9.40. The first-order valence-electron chi connectivity index (χ1n) is 7.25. The zero-order valence-corrected chi connectivity index (χ0v) is 14.9. The van der Waals surface area contributed by atoms with Crippen LogP contribution in [0, 0.1) is 0 Å². The molecule has 126 valence electrons. The van der Waals surface area contributed by atoms with Gasteiger partial charge in [-0.1, -0.05) is 0 Å². The van der Waals surface area contributed by atoms with Gasteiger partial charge in [0.2, 0.25) is 0 Å². The Morgan fingerprint density at radius 3 is 1.54 bits per heavy atom. The minimum absolute atomic E-state index is 0.332. The van der Waals surface area contributed by atoms with E-state index >= 15 is 0 Å². The summed E-state index contributed by atoms with van der Waals surface area (Å²) in [7, 11) is 2.81. The van der Waals surface area contributed by atoms with Crippen molar-refractivity contribution >= 4 is 33.5 Å². The van der Waals surface area contributed by atoms with E-state index in [1.54, 1.807) is 38.1 Å². The fourth-order valence-electron chi connectivity index (χ4n) is 1.61. The summed E-state index contributed by atoms with van der Waals surface area (Å²) in [5.74, 6) is -0.768. The van der Waals surface area contributed by atoms with Crippen LogP contribution in [0.2, 0.25) is 0 Å². The van der Waals surface area contributed by atoms with Crippen LogP contribution in [-0.4, -0.2) is 35.1 Å². The van der Waals surface area contributed by atoms with E-state index in [4.69, 9.17) is 9.47 Å². The van der Waals surface area contributed by atoms with Crippen molar-refractivity contribution in [1.82, 2.24) is 9.97 Å². The van der Waals surface area contributed by atoms with Crippen molar-refractivity contribution in [3.63, 3.8) is 0 Å². The van der Waals surface area contributed by atoms with Gasteiger partial charge in [-0.2, -0.15) is 0 Å². The standard InChI is InChI=1S/C16H16N2O4S2/c1-3-21-15(19)11-5-7-13(17-9-11)23-24-14-8-6-12(10-18-14)16(20)22-4-2/h5-10H,3-4H2,1-2H3. The number of aromatic nitrogens is 2. The molecule has 0 aliphatic carbocycles. The molecule has 2 aromatic heterocycles. The molecule has 2 aromatic rings. The first-order chi connectivity index (χ1) is 11.6. The summed E-state index contributed by atoms with van der Waals surface area (Å²) in [6.07, 6.45) is 2.97. The summed E-state index contributed by atoms with van der Waals surface area (Å²) in [5, 5.41) is 1.48. The van der Waals surface area contributed by atoms with E-state index in [2.05, 4.69) is 9.97 Å². The number of hydrogen-bond donors (Lipinski definition) is 0. The maximum atomic E-state index is 11.5. The Morgan fingerprint density at radius 2 is 1.25 bits per heavy atom. The molecule has 0 spiro atoms. The van der Waals surface area contributed by atoms with Gasteiger partial charge in [0.15, 0.2) is 0 Å². The molecule has 0 aliphatic rings. The Bertz CT molecular complexity index is 629. The quantitative estimate of drug-likeness (QED) is 0.544. The second-order valence-corrected chi connectivity index (χ2v) is 6.55. The average Bonchev–Trinajstić information content (AvgIpc) is 2.61. The highest BCUT2D eigenvalue weighted by Crippen LogP contribution is 2.35. The van der Waals surface area contributed by atoms with Crippen LogP contribution in [0.15, 0.2) is 46.7 Å². The Morgan fingerprint density at radius 1 is 0.833 bits per heavy atom. The molecule has 6 nitrogen and oxygen atoms in total. The van der Waals surface area contributed by atoms with E-state index in [0.717, 1.165) is 10.1 Å². The molecule has 0 aromatic carbocycles. The van der Waals surface area contributed by atoms with Crippen LogP contribution in [0.25, 0.3) is 0 Å². The maximum absolute atomic E-state index is 11.5. The summed E-state index contributed by atoms with van der Waals surface area (Å²) < 4.78 is 9.81. The lowest BCUT2D eigenvalue weighted by molar-refractivity contribution is 0.0516. The lowest BCUT2D eigenvalue weighted by atomic mass is 10.3. The van der Waals surface area contributed by atoms with Crippen LogP contribution in [0.3, 0.4) is 0 Å². The fraction of sp³-hybridized carbons (Fsp3) is 0.250. The van der Waals surface area contributed by atoms with Gasteiger partial charge in [0.25, 0.3) is 0 Å². The number of esters is 2. The monoisotopic (exact) mass is 364 g/mol. The van der Waals surface area contributed by atoms with Crippen molar-refractivity contribution in [3.8, 4) is 0 Å². The van der Waals surface area contributed by atoms with E-state index < -0.39 is 0 Å². The molecule has 0 radical (unpaired) electrons. The van der Waals surface area contributed by atoms with Crippen molar-refractivity contribution in [3.05, 3.63) is 47.8 Å². The average molecular weight is 364 g/mol. The molecule has 2 rings (SSSR count). The number of rotatable bonds is 7. The molecule has 0 bridgehead atoms. The van der Waals surface area contributed by atoms with Gasteiger partial charge in [-0.3, -0.25) is 0 Å². The number of hydrogen-bond acceptors (Lipinski definition) is 8. The topological polar surface area (TPSA) is 78.4 Å². The first kappa shape index (κ1) is 18.3. The van der Waals surface area contributed by atoms with Crippen molar-refractivity contribution in [2.24, 2.45) is 0 Å². The van der Waals surface area contributed by atoms with Crippen LogP contribution < -0.4 is 0 Å². The molecular formula is C16H16N2O4S2. The third-order valence-electron chi connectivity index (χ3n) is 2.71. The van der Waals surface area contributed by atoms with Gasteiger partial charge >= 0.3 is 11.9 Å². The van der Waals surface area contributed by atoms with Gasteiger partial charge in [0, 0.05) is 12.4 Å². The summed E-state index contributed by atoms with van der Waals surface area (Å²) in [6.45, 7) is 4.18. The van der Waals surface area contributed by atoms with Crippen LogP contribution >= 0.6 is 21.6 Å². The maximum Gasteiger partial charge on any atom is 0.339 e. The Hall–Kier alpha value is -2.06. The fourth-order valence-corrected chi connectivity index (χ4v) is 3.33. The van der Waals surface area contributed by atoms with E-state index in [0.29, 0.717) is 24.3 Å². The summed E-state index contributed by atoms with van der Waals surface area (Å²) >= 11 is 0. The van der Waals surface area contributed by atoms with Gasteiger partial charge < -0.3 is 9.47 Å². The number of carbonyl (C=O) groups is 2. The highest BCUT2D eigenvalue weighted by atomic mass is 33.1. The SMILES string of the molecule is CCOC(=O)c1ccc(SSc2ccc(C(=O)OCC)cn2)nc1. The molecule has 0 saturated carbocycles. The highest BCUT2D eigenvalue weighted by Gasteiger charge is 2.09. The predicted octanol–water partition coefficient (Wildman–Crippen LogP) is 3.63. The third kappa shape index (κ3) is 5.24. The van der Waals surface area contributed by atoms with Gasteiger partial charge in [0.05, 0.1) is 24.3 Å². The van der Waals surface area contributed by atoms with E-state index in [1.807, 2.05) is 0 Å². The van der Waals surface area contributed by atoms with Crippen LogP contribution in [-0.2, 0) is 9.47 Å². The van der Waals surface area contributed by atoms with Gasteiger partial charge in [-0.15, -0.1) is 0 Å². The van der Waals surface area contributed by atoms with Crippen LogP contribution in [0.1, 0.15) is 34.6 Å². The lowest BCUT2D eigenvalue weighted by Crippen LogP contribution is -2.04. The Kier molecular flexibility index (Phi) is 7.07. The zero-order chi connectivity index (χ0) is 17.4. The number of pyridine rings is 2. The molecule has 0 amide bonds. The van der Waals surface area contributed by atoms with E-state index in [1.165, 1.54) is 34.0 Å². The van der Waals surface area contributed by atoms with Crippen molar-refractivity contribution in [2.45, 2.75) is 23.9 Å². The minimum Gasteiger partial charge on any atom is -0.462 e. The molecule has 0 aliphatic heterocycles. The minimum atomic E-state index is -0.384. The normalized spacial score (nSPS) is 10.2. The predicted molar refractivity (Wildman–Crippen MR) is 92.1 cm³/mol. The lowest BCUT2D eigenvalue weighted by Gasteiger charge is -2.04. The molecule has 8 heteroatoms.